The first-order valence-electron chi connectivity index (χ1n) is 8.03. The molecule has 1 aliphatic rings. The van der Waals surface area contributed by atoms with Gasteiger partial charge in [0.2, 0.25) is 5.91 Å². The lowest BCUT2D eigenvalue weighted by atomic mass is 10.1. The highest BCUT2D eigenvalue weighted by atomic mass is 16.2. The second-order valence-corrected chi connectivity index (χ2v) is 7.05. The van der Waals surface area contributed by atoms with Crippen LogP contribution in [0.3, 0.4) is 0 Å². The third-order valence-corrected chi connectivity index (χ3v) is 3.94. The number of piperazine rings is 1. The van der Waals surface area contributed by atoms with E-state index < -0.39 is 0 Å². The van der Waals surface area contributed by atoms with Crippen LogP contribution in [0.1, 0.15) is 33.4 Å². The molecule has 1 aromatic heterocycles. The number of nitrogens with zero attached hydrogens (tertiary/aromatic N) is 3. The first-order chi connectivity index (χ1) is 10.3. The third-order valence-electron chi connectivity index (χ3n) is 3.94. The molecule has 1 atom stereocenters. The van der Waals surface area contributed by atoms with Gasteiger partial charge in [-0.2, -0.15) is 0 Å². The van der Waals surface area contributed by atoms with Crippen molar-refractivity contribution in [2.24, 2.45) is 0 Å². The van der Waals surface area contributed by atoms with E-state index in [9.17, 15) is 4.79 Å². The minimum absolute atomic E-state index is 0.0729. The highest BCUT2D eigenvalue weighted by molar-refractivity contribution is 5.81. The number of hydrogen-bond donors (Lipinski definition) is 1. The maximum atomic E-state index is 12.3. The molecule has 0 saturated carbocycles. The van der Waals surface area contributed by atoms with E-state index in [-0.39, 0.29) is 17.5 Å². The first kappa shape index (κ1) is 16.9. The summed E-state index contributed by atoms with van der Waals surface area (Å²) in [4.78, 5) is 21.3. The summed E-state index contributed by atoms with van der Waals surface area (Å²) in [5.41, 5.74) is 0.932. The van der Waals surface area contributed by atoms with Gasteiger partial charge in [-0.05, 0) is 39.8 Å². The standard InChI is InChI=1S/C17H28N4O/c1-14(16(22)19-17(2,3)4)21-11-9-20(10-12-21)13-15-7-5-6-8-18-15/h5-8,14H,9-13H2,1-4H3,(H,19,22). The number of nitrogens with one attached hydrogen (secondary N) is 1. The van der Waals surface area contributed by atoms with Gasteiger partial charge >= 0.3 is 0 Å². The van der Waals surface area contributed by atoms with Crippen molar-refractivity contribution in [1.29, 1.82) is 0 Å². The largest absolute Gasteiger partial charge is 0.350 e. The molecule has 0 bridgehead atoms. The Balaban J connectivity index is 1.80. The first-order valence-corrected chi connectivity index (χ1v) is 8.03. The second kappa shape index (κ2) is 7.20. The lowest BCUT2D eigenvalue weighted by molar-refractivity contribution is -0.128. The van der Waals surface area contributed by atoms with Crippen molar-refractivity contribution in [2.45, 2.75) is 45.8 Å². The smallest absolute Gasteiger partial charge is 0.237 e. The Labute approximate surface area is 133 Å². The van der Waals surface area contributed by atoms with Crippen LogP contribution in [-0.2, 0) is 11.3 Å². The number of carbonyl (C=O) groups excluding carboxylic acids is 1. The van der Waals surface area contributed by atoms with Crippen molar-refractivity contribution in [3.05, 3.63) is 30.1 Å². The molecule has 0 aliphatic carbocycles. The summed E-state index contributed by atoms with van der Waals surface area (Å²) in [6.07, 6.45) is 1.84. The van der Waals surface area contributed by atoms with Gasteiger partial charge in [-0.1, -0.05) is 6.07 Å². The van der Waals surface area contributed by atoms with Crippen molar-refractivity contribution in [1.82, 2.24) is 20.1 Å². The predicted molar refractivity (Wildman–Crippen MR) is 88.4 cm³/mol. The van der Waals surface area contributed by atoms with Gasteiger partial charge in [-0.3, -0.25) is 19.6 Å². The van der Waals surface area contributed by atoms with Crippen LogP contribution in [0.5, 0.6) is 0 Å². The van der Waals surface area contributed by atoms with Gasteiger partial charge < -0.3 is 5.32 Å². The van der Waals surface area contributed by atoms with Crippen LogP contribution in [0.25, 0.3) is 0 Å². The van der Waals surface area contributed by atoms with Crippen LogP contribution in [-0.4, -0.2) is 58.5 Å². The fraction of sp³-hybridized carbons (Fsp3) is 0.647. The Morgan fingerprint density at radius 3 is 2.50 bits per heavy atom. The van der Waals surface area contributed by atoms with Crippen molar-refractivity contribution < 1.29 is 4.79 Å². The quantitative estimate of drug-likeness (QED) is 0.916. The molecule has 1 aromatic rings. The minimum atomic E-state index is -0.174. The predicted octanol–water partition coefficient (Wildman–Crippen LogP) is 1.50. The Morgan fingerprint density at radius 2 is 1.95 bits per heavy atom. The van der Waals surface area contributed by atoms with Gasteiger partial charge in [-0.25, -0.2) is 0 Å². The minimum Gasteiger partial charge on any atom is -0.350 e. The highest BCUT2D eigenvalue weighted by Gasteiger charge is 2.27. The van der Waals surface area contributed by atoms with E-state index in [2.05, 4.69) is 26.2 Å². The van der Waals surface area contributed by atoms with E-state index in [4.69, 9.17) is 0 Å². The molecule has 1 unspecified atom stereocenters. The summed E-state index contributed by atoms with van der Waals surface area (Å²) in [5, 5.41) is 3.06. The molecule has 0 aromatic carbocycles. The van der Waals surface area contributed by atoms with Gasteiger partial charge in [0.05, 0.1) is 11.7 Å². The molecule has 22 heavy (non-hydrogen) atoms. The van der Waals surface area contributed by atoms with Crippen LogP contribution in [0.4, 0.5) is 0 Å². The molecule has 1 amide bonds. The maximum absolute atomic E-state index is 12.3. The van der Waals surface area contributed by atoms with Gasteiger partial charge in [0.1, 0.15) is 0 Å². The average Bonchev–Trinajstić information content (AvgIpc) is 2.46. The summed E-state index contributed by atoms with van der Waals surface area (Å²) in [6.45, 7) is 12.7. The number of rotatable bonds is 4. The maximum Gasteiger partial charge on any atom is 0.237 e. The summed E-state index contributed by atoms with van der Waals surface area (Å²) >= 11 is 0. The Bertz CT molecular complexity index is 475. The van der Waals surface area contributed by atoms with E-state index >= 15 is 0 Å². The molecular formula is C17H28N4O. The number of aromatic nitrogens is 1. The molecule has 5 nitrogen and oxygen atoms in total. The van der Waals surface area contributed by atoms with Crippen LogP contribution in [0, 0.1) is 0 Å². The van der Waals surface area contributed by atoms with E-state index in [0.717, 1.165) is 38.4 Å². The fourth-order valence-electron chi connectivity index (χ4n) is 2.67. The zero-order chi connectivity index (χ0) is 16.2. The Kier molecular flexibility index (Phi) is 5.53. The van der Waals surface area contributed by atoms with Crippen LogP contribution in [0.2, 0.25) is 0 Å². The molecule has 0 spiro atoms. The molecule has 2 heterocycles. The molecule has 122 valence electrons. The Hall–Kier alpha value is -1.46. The summed E-state index contributed by atoms with van der Waals surface area (Å²) < 4.78 is 0. The van der Waals surface area contributed by atoms with Crippen molar-refractivity contribution >= 4 is 5.91 Å². The molecule has 1 fully saturated rings. The SMILES string of the molecule is CC(C(=O)NC(C)(C)C)N1CCN(Cc2ccccn2)CC1. The van der Waals surface area contributed by atoms with E-state index in [1.165, 1.54) is 0 Å². The normalized spacial score (nSPS) is 18.9. The Morgan fingerprint density at radius 1 is 1.27 bits per heavy atom. The number of pyridine rings is 1. The molecule has 2 rings (SSSR count). The van der Waals surface area contributed by atoms with Crippen molar-refractivity contribution in [2.75, 3.05) is 26.2 Å². The zero-order valence-electron chi connectivity index (χ0n) is 14.2. The summed E-state index contributed by atoms with van der Waals surface area (Å²) in [6, 6.07) is 5.96. The van der Waals surface area contributed by atoms with Crippen LogP contribution < -0.4 is 5.32 Å². The van der Waals surface area contributed by atoms with E-state index in [1.807, 2.05) is 46.0 Å². The third kappa shape index (κ3) is 5.07. The average molecular weight is 304 g/mol. The molecule has 1 N–H and O–H groups in total. The fourth-order valence-corrected chi connectivity index (χ4v) is 2.67. The summed E-state index contributed by atoms with van der Waals surface area (Å²) in [7, 11) is 0. The highest BCUT2D eigenvalue weighted by Crippen LogP contribution is 2.10. The monoisotopic (exact) mass is 304 g/mol. The summed E-state index contributed by atoms with van der Waals surface area (Å²) in [5.74, 6) is 0.116. The molecular weight excluding hydrogens is 276 g/mol. The van der Waals surface area contributed by atoms with Gasteiger partial charge in [-0.15, -0.1) is 0 Å². The number of hydrogen-bond acceptors (Lipinski definition) is 4. The van der Waals surface area contributed by atoms with E-state index in [1.54, 1.807) is 0 Å². The molecule has 5 heteroatoms. The van der Waals surface area contributed by atoms with Crippen molar-refractivity contribution in [3.8, 4) is 0 Å². The zero-order valence-corrected chi connectivity index (χ0v) is 14.2. The molecule has 1 saturated heterocycles. The molecule has 1 aliphatic heterocycles. The van der Waals surface area contributed by atoms with Gasteiger partial charge in [0.25, 0.3) is 0 Å². The number of amides is 1. The second-order valence-electron chi connectivity index (χ2n) is 7.05. The van der Waals surface area contributed by atoms with Crippen molar-refractivity contribution in [3.63, 3.8) is 0 Å². The number of carbonyl (C=O) groups is 1. The van der Waals surface area contributed by atoms with Crippen LogP contribution in [0.15, 0.2) is 24.4 Å². The topological polar surface area (TPSA) is 48.5 Å². The lowest BCUT2D eigenvalue weighted by Gasteiger charge is -2.38. The van der Waals surface area contributed by atoms with Crippen LogP contribution >= 0.6 is 0 Å². The van der Waals surface area contributed by atoms with E-state index in [0.29, 0.717) is 0 Å². The van der Waals surface area contributed by atoms with Gasteiger partial charge in [0.15, 0.2) is 0 Å². The molecule has 0 radical (unpaired) electrons. The lowest BCUT2D eigenvalue weighted by Crippen LogP contribution is -2.56. The van der Waals surface area contributed by atoms with Gasteiger partial charge in [0, 0.05) is 44.5 Å².